The second-order valence-corrected chi connectivity index (χ2v) is 5.26. The zero-order valence-electron chi connectivity index (χ0n) is 10.8. The van der Waals surface area contributed by atoms with Gasteiger partial charge in [-0.25, -0.2) is 4.39 Å². The number of benzene rings is 2. The SMILES string of the molecule is O=C(O)Cc1ccc(NC(=O)c2cc(Br)ccc2F)cc1. The van der Waals surface area contributed by atoms with Crippen molar-refractivity contribution in [3.8, 4) is 0 Å². The minimum absolute atomic E-state index is 0.0704. The van der Waals surface area contributed by atoms with E-state index in [1.807, 2.05) is 0 Å². The van der Waals surface area contributed by atoms with Crippen LogP contribution >= 0.6 is 15.9 Å². The van der Waals surface area contributed by atoms with Crippen LogP contribution in [0.4, 0.5) is 10.1 Å². The second kappa shape index (κ2) is 6.49. The van der Waals surface area contributed by atoms with Crippen LogP contribution in [-0.2, 0) is 11.2 Å². The van der Waals surface area contributed by atoms with Crippen LogP contribution in [-0.4, -0.2) is 17.0 Å². The fourth-order valence-electron chi connectivity index (χ4n) is 1.75. The van der Waals surface area contributed by atoms with E-state index in [2.05, 4.69) is 21.2 Å². The van der Waals surface area contributed by atoms with Gasteiger partial charge in [0.05, 0.1) is 12.0 Å². The van der Waals surface area contributed by atoms with Crippen molar-refractivity contribution in [2.24, 2.45) is 0 Å². The zero-order valence-corrected chi connectivity index (χ0v) is 12.4. The van der Waals surface area contributed by atoms with Crippen LogP contribution < -0.4 is 5.32 Å². The number of nitrogens with one attached hydrogen (secondary N) is 1. The quantitative estimate of drug-likeness (QED) is 0.886. The van der Waals surface area contributed by atoms with Gasteiger partial charge >= 0.3 is 5.97 Å². The molecule has 0 bridgehead atoms. The van der Waals surface area contributed by atoms with Crippen molar-refractivity contribution in [2.75, 3.05) is 5.32 Å². The van der Waals surface area contributed by atoms with Gasteiger partial charge in [-0.1, -0.05) is 28.1 Å². The molecule has 108 valence electrons. The molecular weight excluding hydrogens is 341 g/mol. The van der Waals surface area contributed by atoms with Crippen molar-refractivity contribution < 1.29 is 19.1 Å². The Morgan fingerprint density at radius 2 is 1.81 bits per heavy atom. The minimum atomic E-state index is -0.928. The first kappa shape index (κ1) is 15.2. The molecule has 6 heteroatoms. The lowest BCUT2D eigenvalue weighted by atomic mass is 10.1. The number of carbonyl (C=O) groups excluding carboxylic acids is 1. The summed E-state index contributed by atoms with van der Waals surface area (Å²) in [6.07, 6.45) is -0.0888. The highest BCUT2D eigenvalue weighted by atomic mass is 79.9. The lowest BCUT2D eigenvalue weighted by Crippen LogP contribution is -2.13. The van der Waals surface area contributed by atoms with E-state index in [1.54, 1.807) is 24.3 Å². The number of carbonyl (C=O) groups is 2. The third-order valence-electron chi connectivity index (χ3n) is 2.74. The van der Waals surface area contributed by atoms with E-state index in [-0.39, 0.29) is 12.0 Å². The van der Waals surface area contributed by atoms with Gasteiger partial charge in [-0.3, -0.25) is 9.59 Å². The molecule has 0 saturated carbocycles. The smallest absolute Gasteiger partial charge is 0.307 e. The number of aliphatic carboxylic acids is 1. The van der Waals surface area contributed by atoms with Crippen molar-refractivity contribution >= 4 is 33.5 Å². The third kappa shape index (κ3) is 4.13. The number of anilines is 1. The van der Waals surface area contributed by atoms with Gasteiger partial charge in [0.1, 0.15) is 5.82 Å². The first-order valence-electron chi connectivity index (χ1n) is 6.03. The number of hydrogen-bond acceptors (Lipinski definition) is 2. The maximum absolute atomic E-state index is 13.6. The van der Waals surface area contributed by atoms with Crippen molar-refractivity contribution in [1.82, 2.24) is 0 Å². The first-order valence-corrected chi connectivity index (χ1v) is 6.82. The molecule has 0 radical (unpaired) electrons. The van der Waals surface area contributed by atoms with E-state index >= 15 is 0 Å². The Morgan fingerprint density at radius 1 is 1.14 bits per heavy atom. The summed E-state index contributed by atoms with van der Waals surface area (Å²) in [5.41, 5.74) is 1.02. The molecule has 2 N–H and O–H groups in total. The summed E-state index contributed by atoms with van der Waals surface area (Å²) in [6.45, 7) is 0. The Kier molecular flexibility index (Phi) is 4.70. The highest BCUT2D eigenvalue weighted by Crippen LogP contribution is 2.18. The fourth-order valence-corrected chi connectivity index (χ4v) is 2.11. The van der Waals surface area contributed by atoms with Crippen LogP contribution in [0.3, 0.4) is 0 Å². The highest BCUT2D eigenvalue weighted by molar-refractivity contribution is 9.10. The molecule has 0 aliphatic carbocycles. The largest absolute Gasteiger partial charge is 0.481 e. The van der Waals surface area contributed by atoms with Crippen LogP contribution in [0.2, 0.25) is 0 Å². The molecule has 0 atom stereocenters. The molecule has 2 rings (SSSR count). The molecule has 0 aromatic heterocycles. The van der Waals surface area contributed by atoms with Gasteiger partial charge in [0.25, 0.3) is 5.91 Å². The summed E-state index contributed by atoms with van der Waals surface area (Å²) < 4.78 is 14.2. The van der Waals surface area contributed by atoms with Crippen LogP contribution in [0.1, 0.15) is 15.9 Å². The van der Waals surface area contributed by atoms with E-state index in [9.17, 15) is 14.0 Å². The Labute approximate surface area is 128 Å². The topological polar surface area (TPSA) is 66.4 Å². The fraction of sp³-hybridized carbons (Fsp3) is 0.0667. The molecule has 0 saturated heterocycles. The van der Waals surface area contributed by atoms with Crippen LogP contribution in [0.25, 0.3) is 0 Å². The molecule has 0 fully saturated rings. The molecule has 0 aliphatic heterocycles. The number of carboxylic acids is 1. The summed E-state index contributed by atoms with van der Waals surface area (Å²) in [7, 11) is 0. The number of carboxylic acid groups (broad SMARTS) is 1. The molecule has 2 aromatic carbocycles. The zero-order chi connectivity index (χ0) is 15.4. The lowest BCUT2D eigenvalue weighted by molar-refractivity contribution is -0.136. The Hall–Kier alpha value is -2.21. The van der Waals surface area contributed by atoms with Crippen LogP contribution in [0, 0.1) is 5.82 Å². The first-order chi connectivity index (χ1) is 9.95. The lowest BCUT2D eigenvalue weighted by Gasteiger charge is -2.07. The molecule has 2 aromatic rings. The average Bonchev–Trinajstić information content (AvgIpc) is 2.43. The second-order valence-electron chi connectivity index (χ2n) is 4.35. The average molecular weight is 352 g/mol. The predicted octanol–water partition coefficient (Wildman–Crippen LogP) is 3.47. The van der Waals surface area contributed by atoms with E-state index in [4.69, 9.17) is 5.11 Å². The van der Waals surface area contributed by atoms with Gasteiger partial charge in [0.2, 0.25) is 0 Å². The van der Waals surface area contributed by atoms with Gasteiger partial charge in [-0.2, -0.15) is 0 Å². The molecule has 0 unspecified atom stereocenters. The maximum Gasteiger partial charge on any atom is 0.307 e. The normalized spacial score (nSPS) is 10.2. The maximum atomic E-state index is 13.6. The number of halogens is 2. The van der Waals surface area contributed by atoms with E-state index in [0.29, 0.717) is 15.7 Å². The van der Waals surface area contributed by atoms with Gasteiger partial charge in [-0.15, -0.1) is 0 Å². The summed E-state index contributed by atoms with van der Waals surface area (Å²) in [4.78, 5) is 22.6. The molecule has 4 nitrogen and oxygen atoms in total. The Balaban J connectivity index is 2.12. The molecule has 0 heterocycles. The molecule has 0 spiro atoms. The summed E-state index contributed by atoms with van der Waals surface area (Å²) in [6, 6.07) is 10.4. The van der Waals surface area contributed by atoms with Crippen LogP contribution in [0.15, 0.2) is 46.9 Å². The molecule has 0 aliphatic rings. The molecule has 1 amide bonds. The standard InChI is InChI=1S/C15H11BrFNO3/c16-10-3-6-13(17)12(8-10)15(21)18-11-4-1-9(2-5-11)7-14(19)20/h1-6,8H,7H2,(H,18,21)(H,19,20). The summed E-state index contributed by atoms with van der Waals surface area (Å²) >= 11 is 3.18. The third-order valence-corrected chi connectivity index (χ3v) is 3.23. The molecule has 21 heavy (non-hydrogen) atoms. The monoisotopic (exact) mass is 351 g/mol. The van der Waals surface area contributed by atoms with Gasteiger partial charge < -0.3 is 10.4 Å². The van der Waals surface area contributed by atoms with E-state index in [1.165, 1.54) is 18.2 Å². The van der Waals surface area contributed by atoms with Gasteiger partial charge in [0, 0.05) is 10.2 Å². The summed E-state index contributed by atoms with van der Waals surface area (Å²) in [5, 5.41) is 11.2. The number of hydrogen-bond donors (Lipinski definition) is 2. The summed E-state index contributed by atoms with van der Waals surface area (Å²) in [5.74, 6) is -2.11. The predicted molar refractivity (Wildman–Crippen MR) is 79.8 cm³/mol. The van der Waals surface area contributed by atoms with Crippen molar-refractivity contribution in [3.05, 3.63) is 63.9 Å². The number of rotatable bonds is 4. The van der Waals surface area contributed by atoms with Crippen molar-refractivity contribution in [1.29, 1.82) is 0 Å². The molecular formula is C15H11BrFNO3. The van der Waals surface area contributed by atoms with E-state index < -0.39 is 17.7 Å². The number of amides is 1. The Bertz CT molecular complexity index is 686. The van der Waals surface area contributed by atoms with Crippen molar-refractivity contribution in [2.45, 2.75) is 6.42 Å². The van der Waals surface area contributed by atoms with Crippen molar-refractivity contribution in [3.63, 3.8) is 0 Å². The van der Waals surface area contributed by atoms with E-state index in [0.717, 1.165) is 0 Å². The van der Waals surface area contributed by atoms with Crippen LogP contribution in [0.5, 0.6) is 0 Å². The minimum Gasteiger partial charge on any atom is -0.481 e. The van der Waals surface area contributed by atoms with Gasteiger partial charge in [-0.05, 0) is 35.9 Å². The Morgan fingerprint density at radius 3 is 2.43 bits per heavy atom. The van der Waals surface area contributed by atoms with Gasteiger partial charge in [0.15, 0.2) is 0 Å². The highest BCUT2D eigenvalue weighted by Gasteiger charge is 2.12.